The minimum Gasteiger partial charge on any atom is -0.390 e. The van der Waals surface area contributed by atoms with Crippen LogP contribution >= 0.6 is 0 Å². The van der Waals surface area contributed by atoms with E-state index < -0.39 is 6.10 Å². The second kappa shape index (κ2) is 16.2. The number of aliphatic hydroxyl groups is 1. The van der Waals surface area contributed by atoms with Crippen LogP contribution in [-0.4, -0.2) is 160 Å². The molecule has 1 saturated carbocycles. The largest absolute Gasteiger partial charge is 0.390 e. The highest BCUT2D eigenvalue weighted by atomic mass is 16.6. The Bertz CT molecular complexity index is 968. The molecule has 5 aliphatic heterocycles. The van der Waals surface area contributed by atoms with Gasteiger partial charge in [0.05, 0.1) is 63.1 Å². The van der Waals surface area contributed by atoms with Crippen molar-refractivity contribution in [2.75, 3.05) is 78.9 Å². The number of piperidine rings is 1. The van der Waals surface area contributed by atoms with Gasteiger partial charge in [-0.1, -0.05) is 6.92 Å². The molecule has 13 nitrogen and oxygen atoms in total. The molecular weight excluding hydrogens is 588 g/mol. The van der Waals surface area contributed by atoms with Crippen molar-refractivity contribution in [3.8, 4) is 0 Å². The molecule has 0 aromatic carbocycles. The Labute approximate surface area is 276 Å². The lowest BCUT2D eigenvalue weighted by molar-refractivity contribution is -0.126. The van der Waals surface area contributed by atoms with Crippen molar-refractivity contribution in [2.24, 2.45) is 17.8 Å². The maximum atomic E-state index is 13.5. The zero-order valence-corrected chi connectivity index (χ0v) is 28.7. The summed E-state index contributed by atoms with van der Waals surface area (Å²) in [5, 5.41) is 28.3. The van der Waals surface area contributed by atoms with Crippen LogP contribution in [0.25, 0.3) is 0 Å². The van der Waals surface area contributed by atoms with Gasteiger partial charge in [-0.25, -0.2) is 0 Å². The predicted molar refractivity (Wildman–Crippen MR) is 176 cm³/mol. The fourth-order valence-electron chi connectivity index (χ4n) is 8.56. The highest BCUT2D eigenvalue weighted by molar-refractivity contribution is 5.82. The van der Waals surface area contributed by atoms with E-state index in [2.05, 4.69) is 69.0 Å². The smallest absolute Gasteiger partial charge is 0.237 e. The first kappa shape index (κ1) is 34.9. The van der Waals surface area contributed by atoms with Gasteiger partial charge in [-0.3, -0.25) is 35.9 Å². The summed E-state index contributed by atoms with van der Waals surface area (Å²) >= 11 is 0. The average Bonchev–Trinajstić information content (AvgIpc) is 3.45. The van der Waals surface area contributed by atoms with Crippen molar-refractivity contribution in [3.63, 3.8) is 0 Å². The van der Waals surface area contributed by atoms with E-state index in [1.54, 1.807) is 0 Å². The molecule has 264 valence electrons. The van der Waals surface area contributed by atoms with E-state index in [9.17, 15) is 9.90 Å². The number of amides is 1. The van der Waals surface area contributed by atoms with E-state index >= 15 is 0 Å². The Morgan fingerprint density at radius 3 is 2.57 bits per heavy atom. The highest BCUT2D eigenvalue weighted by Crippen LogP contribution is 2.41. The number of aliphatic hydroxyl groups excluding tert-OH is 1. The molecule has 6 N–H and O–H groups in total. The summed E-state index contributed by atoms with van der Waals surface area (Å²) in [6.07, 6.45) is 3.82. The number of hydrogen-bond acceptors (Lipinski definition) is 12. The van der Waals surface area contributed by atoms with Crippen molar-refractivity contribution >= 4 is 5.91 Å². The molecular formula is C33H62N8O5. The lowest BCUT2D eigenvalue weighted by Crippen LogP contribution is -2.73. The minimum atomic E-state index is -0.595. The number of nitrogens with one attached hydrogen (secondary N) is 5. The number of rotatable bonds is 12. The van der Waals surface area contributed by atoms with Crippen LogP contribution in [0.4, 0.5) is 0 Å². The zero-order chi connectivity index (χ0) is 32.2. The number of piperazine rings is 1. The highest BCUT2D eigenvalue weighted by Gasteiger charge is 2.42. The van der Waals surface area contributed by atoms with Gasteiger partial charge < -0.3 is 29.5 Å². The number of carbonyl (C=O) groups excluding carboxylic acids is 1. The van der Waals surface area contributed by atoms with Crippen molar-refractivity contribution < 1.29 is 24.1 Å². The molecule has 5 saturated heterocycles. The third kappa shape index (κ3) is 8.78. The first-order valence-corrected chi connectivity index (χ1v) is 18.2. The van der Waals surface area contributed by atoms with Gasteiger partial charge in [0.1, 0.15) is 6.29 Å². The van der Waals surface area contributed by atoms with Gasteiger partial charge in [0, 0.05) is 64.3 Å². The fraction of sp³-hybridized carbons (Fsp3) is 0.970. The second-order valence-electron chi connectivity index (χ2n) is 15.2. The van der Waals surface area contributed by atoms with Crippen molar-refractivity contribution in [2.45, 2.75) is 108 Å². The van der Waals surface area contributed by atoms with E-state index in [1.165, 1.54) is 6.42 Å². The summed E-state index contributed by atoms with van der Waals surface area (Å²) in [6, 6.07) is 0.869. The number of hydrogen-bond donors (Lipinski definition) is 6. The molecule has 0 spiro atoms. The maximum Gasteiger partial charge on any atom is 0.237 e. The monoisotopic (exact) mass is 650 g/mol. The van der Waals surface area contributed by atoms with Gasteiger partial charge in [-0.15, -0.1) is 0 Å². The molecule has 46 heavy (non-hydrogen) atoms. The van der Waals surface area contributed by atoms with Crippen LogP contribution in [0.3, 0.4) is 0 Å². The van der Waals surface area contributed by atoms with Crippen molar-refractivity contribution in [1.29, 1.82) is 0 Å². The second-order valence-corrected chi connectivity index (χ2v) is 15.2. The third-order valence-electron chi connectivity index (χ3n) is 11.7. The molecule has 1 amide bonds. The molecule has 10 atom stereocenters. The lowest BCUT2D eigenvalue weighted by Gasteiger charge is -2.47. The van der Waals surface area contributed by atoms with Gasteiger partial charge >= 0.3 is 0 Å². The van der Waals surface area contributed by atoms with Crippen LogP contribution in [0, 0.1) is 17.8 Å². The Morgan fingerprint density at radius 2 is 1.87 bits per heavy atom. The summed E-state index contributed by atoms with van der Waals surface area (Å²) in [4.78, 5) is 20.8. The number of β-amino-alcohol motifs (C(OH)–C–C–N with tert-alkyl or cyclic N) is 1. The van der Waals surface area contributed by atoms with Gasteiger partial charge in [0.2, 0.25) is 5.91 Å². The quantitative estimate of drug-likeness (QED) is 0.157. The zero-order valence-electron chi connectivity index (χ0n) is 28.7. The number of nitrogens with zero attached hydrogens (tertiary/aromatic N) is 3. The summed E-state index contributed by atoms with van der Waals surface area (Å²) in [5.74, 6) is 1.79. The molecule has 0 aromatic rings. The first-order valence-electron chi connectivity index (χ1n) is 18.2. The number of fused-ring (bicyclic) bond motifs is 1. The maximum absolute atomic E-state index is 13.5. The van der Waals surface area contributed by atoms with Crippen LogP contribution in [-0.2, 0) is 19.0 Å². The average molecular weight is 651 g/mol. The van der Waals surface area contributed by atoms with E-state index in [4.69, 9.17) is 14.2 Å². The number of likely N-dealkylation sites (tertiary alicyclic amines) is 1. The minimum absolute atomic E-state index is 0.0183. The molecule has 6 rings (SSSR count). The van der Waals surface area contributed by atoms with Gasteiger partial charge in [0.25, 0.3) is 0 Å². The molecule has 1 aliphatic carbocycles. The molecule has 13 heteroatoms. The third-order valence-corrected chi connectivity index (χ3v) is 11.7. The van der Waals surface area contributed by atoms with Gasteiger partial charge in [-0.05, 0) is 64.3 Å². The first-order chi connectivity index (χ1) is 22.2. The van der Waals surface area contributed by atoms with E-state index in [0.29, 0.717) is 81.5 Å². The molecule has 6 fully saturated rings. The summed E-state index contributed by atoms with van der Waals surface area (Å²) in [5.41, 5.74) is 0. The van der Waals surface area contributed by atoms with Crippen LogP contribution in [0.5, 0.6) is 0 Å². The Kier molecular flexibility index (Phi) is 12.3. The molecule has 6 aliphatic rings. The topological polar surface area (TPSA) is 135 Å². The Balaban J connectivity index is 0.935. The van der Waals surface area contributed by atoms with Crippen LogP contribution in [0.15, 0.2) is 0 Å². The van der Waals surface area contributed by atoms with E-state index in [-0.39, 0.29) is 37.1 Å². The normalized spacial score (nSPS) is 39.2. The Morgan fingerprint density at radius 1 is 1.07 bits per heavy atom. The molecule has 0 radical (unpaired) electrons. The predicted octanol–water partition coefficient (Wildman–Crippen LogP) is -0.873. The number of ether oxygens (including phenoxy) is 3. The van der Waals surface area contributed by atoms with Crippen molar-refractivity contribution in [3.05, 3.63) is 0 Å². The van der Waals surface area contributed by atoms with Crippen LogP contribution in [0.2, 0.25) is 0 Å². The number of carbonyl (C=O) groups is 1. The van der Waals surface area contributed by atoms with Gasteiger partial charge in [-0.2, -0.15) is 0 Å². The Hall–Kier alpha value is -0.970. The molecule has 0 bridgehead atoms. The standard InChI is InChI=1S/C33H62N8O5/c1-21(2)40-9-11-41(12-10-40)33-37-28(13-31(38-33)36-25-17-44-18-25)32(43)34-14-26(42)16-39-8-7-27-22(3)29(6-5-24(27)15-39)45-19-30-23(4)35-20-46-30/h21-31,33,35-38,42H,5-20H2,1-4H3,(H,34,43)/t22?,23?,24?,26-,27?,28?,29?,30?,31?,33?/m0/s1. The van der Waals surface area contributed by atoms with Crippen molar-refractivity contribution in [1.82, 2.24) is 41.3 Å². The van der Waals surface area contributed by atoms with Crippen LogP contribution in [0.1, 0.15) is 53.4 Å². The lowest BCUT2D eigenvalue weighted by atomic mass is 9.68. The SMILES string of the molecule is CC1NCOC1COC1CCC2CN(C[C@@H](O)CNC(=O)C3CC(NC4COC4)NC(N4CCN(C(C)C)CC4)N3)CCC2C1C. The molecule has 0 aromatic heterocycles. The molecule has 5 heterocycles. The van der Waals surface area contributed by atoms with Crippen LogP contribution < -0.4 is 26.6 Å². The van der Waals surface area contributed by atoms with E-state index in [0.717, 1.165) is 52.1 Å². The fourth-order valence-corrected chi connectivity index (χ4v) is 8.56. The molecule has 9 unspecified atom stereocenters. The van der Waals surface area contributed by atoms with E-state index in [1.807, 2.05) is 0 Å². The van der Waals surface area contributed by atoms with Gasteiger partial charge in [0.15, 0.2) is 0 Å². The summed E-state index contributed by atoms with van der Waals surface area (Å²) < 4.78 is 17.6. The summed E-state index contributed by atoms with van der Waals surface area (Å²) in [6.45, 7) is 18.5. The summed E-state index contributed by atoms with van der Waals surface area (Å²) in [7, 11) is 0.